The summed E-state index contributed by atoms with van der Waals surface area (Å²) in [6, 6.07) is 15.7. The molecule has 2 amide bonds. The lowest BCUT2D eigenvalue weighted by atomic mass is 9.98. The van der Waals surface area contributed by atoms with E-state index in [1.165, 1.54) is 0 Å². The highest BCUT2D eigenvalue weighted by atomic mass is 35.5. The van der Waals surface area contributed by atoms with Crippen LogP contribution in [-0.2, 0) is 22.7 Å². The third-order valence-electron chi connectivity index (χ3n) is 9.15. The van der Waals surface area contributed by atoms with Gasteiger partial charge >= 0.3 is 0 Å². The summed E-state index contributed by atoms with van der Waals surface area (Å²) in [6.07, 6.45) is 6.61. The summed E-state index contributed by atoms with van der Waals surface area (Å²) in [6.45, 7) is 2.34. The highest BCUT2D eigenvalue weighted by Crippen LogP contribution is 2.42. The Hall–Kier alpha value is -4.29. The highest BCUT2D eigenvalue weighted by Gasteiger charge is 2.27. The zero-order valence-corrected chi connectivity index (χ0v) is 29.2. The Morgan fingerprint density at radius 1 is 0.740 bits per heavy atom. The molecule has 4 aromatic rings. The number of ether oxygens (including phenoxy) is 2. The Morgan fingerprint density at radius 3 is 1.90 bits per heavy atom. The number of hydrogen-bond donors (Lipinski definition) is 4. The average Bonchev–Trinajstić information content (AvgIpc) is 3.69. The molecule has 0 spiro atoms. The van der Waals surface area contributed by atoms with Gasteiger partial charge in [-0.25, -0.2) is 9.97 Å². The summed E-state index contributed by atoms with van der Waals surface area (Å²) in [4.78, 5) is 37.5. The minimum atomic E-state index is 0.0920. The molecule has 0 unspecified atom stereocenters. The number of benzene rings is 2. The number of aromatic nitrogens is 3. The smallest absolute Gasteiger partial charge is 0.237 e. The number of rotatable bonds is 14. The van der Waals surface area contributed by atoms with Gasteiger partial charge in [-0.1, -0.05) is 65.7 Å². The molecule has 2 aromatic carbocycles. The number of carbonyl (C=O) groups excluding carboxylic acids is 2. The molecule has 3 fully saturated rings. The van der Waals surface area contributed by atoms with E-state index in [-0.39, 0.29) is 30.0 Å². The van der Waals surface area contributed by atoms with E-state index < -0.39 is 0 Å². The van der Waals surface area contributed by atoms with Crippen LogP contribution >= 0.6 is 23.2 Å². The second-order valence-corrected chi connectivity index (χ2v) is 13.6. The van der Waals surface area contributed by atoms with Gasteiger partial charge in [-0.2, -0.15) is 0 Å². The molecular weight excluding hydrogens is 677 g/mol. The quantitative estimate of drug-likeness (QED) is 0.134. The first kappa shape index (κ1) is 34.2. The van der Waals surface area contributed by atoms with Crippen LogP contribution in [0.4, 0.5) is 0 Å². The van der Waals surface area contributed by atoms with Crippen molar-refractivity contribution in [3.05, 3.63) is 76.0 Å². The first-order chi connectivity index (χ1) is 24.4. The van der Waals surface area contributed by atoms with Crippen LogP contribution in [0.2, 0.25) is 10.0 Å². The van der Waals surface area contributed by atoms with Crippen LogP contribution in [0.15, 0.2) is 54.7 Å². The first-order valence-corrected chi connectivity index (χ1v) is 17.8. The average molecular weight is 717 g/mol. The number of methoxy groups -OCH3 is 1. The van der Waals surface area contributed by atoms with Crippen molar-refractivity contribution in [3.8, 4) is 45.4 Å². The van der Waals surface area contributed by atoms with Crippen LogP contribution in [0.5, 0.6) is 11.8 Å². The van der Waals surface area contributed by atoms with Gasteiger partial charge in [0.2, 0.25) is 23.6 Å². The molecule has 4 N–H and O–H groups in total. The molecular formula is C37H39Cl2N7O4. The molecule has 7 rings (SSSR count). The van der Waals surface area contributed by atoms with Crippen LogP contribution in [0.1, 0.15) is 49.8 Å². The molecule has 13 heteroatoms. The van der Waals surface area contributed by atoms with Crippen molar-refractivity contribution in [2.75, 3.05) is 20.2 Å². The highest BCUT2D eigenvalue weighted by molar-refractivity contribution is 6.39. The van der Waals surface area contributed by atoms with E-state index >= 15 is 0 Å². The largest absolute Gasteiger partial charge is 0.481 e. The molecule has 2 saturated heterocycles. The predicted molar refractivity (Wildman–Crippen MR) is 192 cm³/mol. The molecule has 2 aromatic heterocycles. The van der Waals surface area contributed by atoms with E-state index in [1.54, 1.807) is 13.3 Å². The Balaban J connectivity index is 1.11. The Bertz CT molecular complexity index is 1900. The predicted octanol–water partition coefficient (Wildman–Crippen LogP) is 5.47. The van der Waals surface area contributed by atoms with Crippen molar-refractivity contribution in [1.29, 1.82) is 0 Å². The fraction of sp³-hybridized carbons (Fsp3) is 0.378. The molecule has 2 aliphatic heterocycles. The number of amides is 2. The zero-order chi connectivity index (χ0) is 34.6. The Kier molecular flexibility index (Phi) is 10.5. The van der Waals surface area contributed by atoms with E-state index in [9.17, 15) is 9.59 Å². The molecule has 1 saturated carbocycles. The monoisotopic (exact) mass is 715 g/mol. The van der Waals surface area contributed by atoms with Crippen molar-refractivity contribution in [2.24, 2.45) is 0 Å². The maximum atomic E-state index is 11.6. The molecule has 2 atom stereocenters. The molecule has 0 radical (unpaired) electrons. The second kappa shape index (κ2) is 15.3. The summed E-state index contributed by atoms with van der Waals surface area (Å²) in [5.41, 5.74) is 5.82. The van der Waals surface area contributed by atoms with Crippen molar-refractivity contribution in [3.63, 3.8) is 0 Å². The number of pyridine rings is 1. The molecule has 50 heavy (non-hydrogen) atoms. The second-order valence-electron chi connectivity index (χ2n) is 12.9. The number of hydrogen-bond acceptors (Lipinski definition) is 9. The fourth-order valence-electron chi connectivity index (χ4n) is 6.30. The third kappa shape index (κ3) is 7.86. The van der Waals surface area contributed by atoms with E-state index in [2.05, 4.69) is 21.3 Å². The van der Waals surface area contributed by atoms with Crippen molar-refractivity contribution in [1.82, 2.24) is 36.2 Å². The van der Waals surface area contributed by atoms with Crippen molar-refractivity contribution < 1.29 is 19.1 Å². The molecule has 0 bridgehead atoms. The lowest BCUT2D eigenvalue weighted by Gasteiger charge is -2.16. The van der Waals surface area contributed by atoms with Gasteiger partial charge in [-0.3, -0.25) is 14.6 Å². The standard InChI is InChI=1S/C37H39Cl2N7O4/c1-49-36-21(16-40-17-22-9-14-32(47)43-22)8-13-29(45-36)27-6-2-4-25(34(27)38)26-5-3-7-28(35(26)39)30-20-42-31(37(46-30)50-24-11-12-24)19-41-18-23-10-15-33(48)44-23/h2-8,13,20,22-24,40-41H,9-12,14-19H2,1H3,(H,43,47)(H,44,48)/t22-,23-/m0/s1. The summed E-state index contributed by atoms with van der Waals surface area (Å²) in [5, 5.41) is 13.7. The minimum absolute atomic E-state index is 0.0920. The summed E-state index contributed by atoms with van der Waals surface area (Å²) in [7, 11) is 1.60. The van der Waals surface area contributed by atoms with Gasteiger partial charge in [0, 0.05) is 78.9 Å². The van der Waals surface area contributed by atoms with Gasteiger partial charge in [-0.05, 0) is 31.7 Å². The summed E-state index contributed by atoms with van der Waals surface area (Å²) in [5.74, 6) is 1.17. The van der Waals surface area contributed by atoms with Crippen LogP contribution < -0.4 is 30.7 Å². The number of nitrogens with one attached hydrogen (secondary N) is 4. The zero-order valence-electron chi connectivity index (χ0n) is 27.7. The third-order valence-corrected chi connectivity index (χ3v) is 9.96. The lowest BCUT2D eigenvalue weighted by Crippen LogP contribution is -2.35. The molecule has 1 aliphatic carbocycles. The van der Waals surface area contributed by atoms with E-state index in [0.717, 1.165) is 47.9 Å². The molecule has 3 aliphatic rings. The Labute approximate surface area is 300 Å². The van der Waals surface area contributed by atoms with E-state index in [0.29, 0.717) is 83.5 Å². The normalized spacial score (nSPS) is 18.6. The molecule has 4 heterocycles. The summed E-state index contributed by atoms with van der Waals surface area (Å²) >= 11 is 14.2. The van der Waals surface area contributed by atoms with Gasteiger partial charge in [-0.15, -0.1) is 0 Å². The summed E-state index contributed by atoms with van der Waals surface area (Å²) < 4.78 is 11.8. The maximum absolute atomic E-state index is 11.6. The number of nitrogens with zero attached hydrogens (tertiary/aromatic N) is 3. The van der Waals surface area contributed by atoms with Crippen molar-refractivity contribution in [2.45, 2.75) is 69.8 Å². The van der Waals surface area contributed by atoms with Crippen LogP contribution in [0.3, 0.4) is 0 Å². The SMILES string of the molecule is COc1nc(-c2cccc(-c3cccc(-c4cnc(CNC[C@@H]5CCC(=O)N5)c(OC5CC5)n4)c3Cl)c2Cl)ccc1CNC[C@@H]1CCC(=O)N1. The topological polar surface area (TPSA) is 139 Å². The maximum Gasteiger partial charge on any atom is 0.237 e. The first-order valence-electron chi connectivity index (χ1n) is 17.0. The van der Waals surface area contributed by atoms with Gasteiger partial charge in [0.05, 0.1) is 34.7 Å². The van der Waals surface area contributed by atoms with Gasteiger partial charge in [0.25, 0.3) is 0 Å². The lowest BCUT2D eigenvalue weighted by molar-refractivity contribution is -0.120. The van der Waals surface area contributed by atoms with Crippen LogP contribution in [0, 0.1) is 0 Å². The van der Waals surface area contributed by atoms with E-state index in [4.69, 9.17) is 47.6 Å². The van der Waals surface area contributed by atoms with Crippen LogP contribution in [-0.4, -0.2) is 65.2 Å². The number of halogens is 2. The van der Waals surface area contributed by atoms with Crippen molar-refractivity contribution >= 4 is 35.0 Å². The van der Waals surface area contributed by atoms with Gasteiger partial charge < -0.3 is 30.7 Å². The van der Waals surface area contributed by atoms with Crippen LogP contribution in [0.25, 0.3) is 33.6 Å². The fourth-order valence-corrected chi connectivity index (χ4v) is 6.95. The number of carbonyl (C=O) groups is 2. The van der Waals surface area contributed by atoms with Gasteiger partial charge in [0.1, 0.15) is 11.8 Å². The molecule has 11 nitrogen and oxygen atoms in total. The Morgan fingerprint density at radius 2 is 1.32 bits per heavy atom. The minimum Gasteiger partial charge on any atom is -0.481 e. The molecule has 260 valence electrons. The van der Waals surface area contributed by atoms with Gasteiger partial charge in [0.15, 0.2) is 0 Å². The van der Waals surface area contributed by atoms with E-state index in [1.807, 2.05) is 48.5 Å².